The zero-order valence-corrected chi connectivity index (χ0v) is 22.1. The third-order valence-corrected chi connectivity index (χ3v) is 7.07. The number of aliphatic imine (C=N–C) groups is 1. The van der Waals surface area contributed by atoms with Crippen molar-refractivity contribution in [3.63, 3.8) is 0 Å². The number of amides is 3. The Bertz CT molecular complexity index is 1230. The number of hydrogen-bond donors (Lipinski definition) is 1. The minimum atomic E-state index is -0.214. The highest BCUT2D eigenvalue weighted by atomic mass is 16.5. The van der Waals surface area contributed by atoms with Gasteiger partial charge in [0.1, 0.15) is 17.3 Å². The fourth-order valence-electron chi connectivity index (χ4n) is 5.07. The summed E-state index contributed by atoms with van der Waals surface area (Å²) in [7, 11) is 4.90. The van der Waals surface area contributed by atoms with Crippen molar-refractivity contribution in [2.75, 3.05) is 37.6 Å². The van der Waals surface area contributed by atoms with Gasteiger partial charge >= 0.3 is 6.03 Å². The molecule has 10 heteroatoms. The molecule has 0 bridgehead atoms. The van der Waals surface area contributed by atoms with Gasteiger partial charge in [0.2, 0.25) is 5.91 Å². The van der Waals surface area contributed by atoms with Gasteiger partial charge in [0.05, 0.1) is 26.5 Å². The summed E-state index contributed by atoms with van der Waals surface area (Å²) in [5.74, 6) is 2.08. The Hall–Kier alpha value is -3.95. The highest BCUT2D eigenvalue weighted by molar-refractivity contribution is 6.06. The molecule has 1 fully saturated rings. The molecule has 1 N–H and O–H groups in total. The largest absolute Gasteiger partial charge is 0.496 e. The number of benzene rings is 1. The van der Waals surface area contributed by atoms with Crippen molar-refractivity contribution >= 4 is 35.1 Å². The van der Waals surface area contributed by atoms with Crippen LogP contribution in [-0.4, -0.2) is 55.4 Å². The zero-order valence-electron chi connectivity index (χ0n) is 22.1. The molecule has 1 aliphatic carbocycles. The third-order valence-electron chi connectivity index (χ3n) is 7.07. The molecule has 4 rings (SSSR count). The van der Waals surface area contributed by atoms with Crippen LogP contribution in [0.2, 0.25) is 0 Å². The van der Waals surface area contributed by atoms with Crippen LogP contribution in [0.4, 0.5) is 22.2 Å². The Balaban J connectivity index is 1.65. The lowest BCUT2D eigenvalue weighted by Gasteiger charge is -2.36. The third kappa shape index (κ3) is 5.14. The molecule has 0 radical (unpaired) electrons. The van der Waals surface area contributed by atoms with Crippen LogP contribution in [0.1, 0.15) is 42.4 Å². The van der Waals surface area contributed by atoms with Crippen LogP contribution in [0.15, 0.2) is 29.9 Å². The van der Waals surface area contributed by atoms with E-state index < -0.39 is 0 Å². The minimum absolute atomic E-state index is 0.126. The van der Waals surface area contributed by atoms with Crippen LogP contribution in [0.25, 0.3) is 0 Å². The molecule has 2 aromatic rings. The Morgan fingerprint density at radius 1 is 1.24 bits per heavy atom. The van der Waals surface area contributed by atoms with Gasteiger partial charge in [-0.2, -0.15) is 4.98 Å². The maximum Gasteiger partial charge on any atom is 0.330 e. The number of methoxy groups -OCH3 is 2. The van der Waals surface area contributed by atoms with Gasteiger partial charge in [0.25, 0.3) is 5.95 Å². The van der Waals surface area contributed by atoms with Gasteiger partial charge in [-0.25, -0.2) is 14.8 Å². The van der Waals surface area contributed by atoms with Crippen LogP contribution in [-0.2, 0) is 11.3 Å². The average molecular weight is 507 g/mol. The second-order valence-corrected chi connectivity index (χ2v) is 9.32. The molecule has 0 saturated heterocycles. The predicted molar refractivity (Wildman–Crippen MR) is 143 cm³/mol. The first kappa shape index (κ1) is 26.1. The van der Waals surface area contributed by atoms with Gasteiger partial charge in [-0.15, -0.1) is 0 Å². The van der Waals surface area contributed by atoms with E-state index >= 15 is 0 Å². The number of fused-ring (bicyclic) bond motifs is 1. The van der Waals surface area contributed by atoms with Crippen molar-refractivity contribution in [3.8, 4) is 11.5 Å². The van der Waals surface area contributed by atoms with Gasteiger partial charge in [-0.1, -0.05) is 13.0 Å². The number of aromatic nitrogens is 2. The quantitative estimate of drug-likeness (QED) is 0.562. The van der Waals surface area contributed by atoms with Gasteiger partial charge in [0, 0.05) is 54.2 Å². The Labute approximate surface area is 217 Å². The van der Waals surface area contributed by atoms with Crippen LogP contribution in [0.3, 0.4) is 0 Å². The maximum absolute atomic E-state index is 13.5. The first-order valence-electron chi connectivity index (χ1n) is 12.4. The Kier molecular flexibility index (Phi) is 7.75. The van der Waals surface area contributed by atoms with E-state index in [0.29, 0.717) is 36.4 Å². The highest BCUT2D eigenvalue weighted by Gasteiger charge is 2.34. The normalized spacial score (nSPS) is 18.5. The number of nitrogens with zero attached hydrogens (tertiary/aromatic N) is 5. The zero-order chi connectivity index (χ0) is 26.7. The van der Waals surface area contributed by atoms with Gasteiger partial charge in [-0.3, -0.25) is 14.6 Å². The number of anilines is 2. The van der Waals surface area contributed by atoms with E-state index in [1.807, 2.05) is 19.9 Å². The molecule has 1 aromatic heterocycles. The topological polar surface area (TPSA) is 109 Å². The van der Waals surface area contributed by atoms with Gasteiger partial charge < -0.3 is 14.8 Å². The Morgan fingerprint density at radius 3 is 2.59 bits per heavy atom. The number of urea groups is 1. The lowest BCUT2D eigenvalue weighted by Crippen LogP contribution is -2.46. The first-order valence-corrected chi connectivity index (χ1v) is 12.4. The highest BCUT2D eigenvalue weighted by Crippen LogP contribution is 2.41. The first-order chi connectivity index (χ1) is 17.8. The number of carbonyl (C=O) groups is 2. The number of nitrogens with one attached hydrogen (secondary N) is 1. The SMILES string of the molecule is C=CC(=O)NC[C@H]1CCCCC1=Nc1ncc2c(n1)N(C)C(=O)N(c1c(C)c(OC)cc(OC)c1C)C2. The summed E-state index contributed by atoms with van der Waals surface area (Å²) in [4.78, 5) is 42.3. The molecule has 2 heterocycles. The molecule has 0 unspecified atom stereocenters. The lowest BCUT2D eigenvalue weighted by atomic mass is 9.87. The molecular weight excluding hydrogens is 472 g/mol. The number of ether oxygens (including phenoxy) is 2. The summed E-state index contributed by atoms with van der Waals surface area (Å²) in [5, 5.41) is 2.87. The van der Waals surface area contributed by atoms with E-state index in [1.54, 1.807) is 32.4 Å². The maximum atomic E-state index is 13.5. The number of hydrogen-bond acceptors (Lipinski definition) is 7. The minimum Gasteiger partial charge on any atom is -0.496 e. The predicted octanol–water partition coefficient (Wildman–Crippen LogP) is 4.25. The summed E-state index contributed by atoms with van der Waals surface area (Å²) in [6.07, 6.45) is 6.89. The molecular formula is C27H34N6O4. The summed E-state index contributed by atoms with van der Waals surface area (Å²) < 4.78 is 11.1. The fraction of sp³-hybridized carbons (Fsp3) is 0.444. The standard InChI is InChI=1S/C27H34N6O4/c1-7-23(34)28-13-18-10-8-9-11-20(18)30-26-29-14-19-15-33(27(35)32(4)25(19)31-26)24-16(2)21(36-5)12-22(37-6)17(24)3/h7,12,14,18H,1,8-11,13,15H2,2-6H3,(H,28,34)/t18-/m1/s1. The van der Waals surface area contributed by atoms with Crippen LogP contribution < -0.4 is 24.6 Å². The van der Waals surface area contributed by atoms with E-state index in [-0.39, 0.29) is 17.9 Å². The summed E-state index contributed by atoms with van der Waals surface area (Å²) >= 11 is 0. The molecule has 1 aromatic carbocycles. The molecule has 0 spiro atoms. The molecule has 1 saturated carbocycles. The molecule has 10 nitrogen and oxygen atoms in total. The fourth-order valence-corrected chi connectivity index (χ4v) is 5.07. The van der Waals surface area contributed by atoms with Gasteiger partial charge in [0.15, 0.2) is 0 Å². The monoisotopic (exact) mass is 506 g/mol. The van der Waals surface area contributed by atoms with Crippen LogP contribution >= 0.6 is 0 Å². The molecule has 3 amide bonds. The summed E-state index contributed by atoms with van der Waals surface area (Å²) in [5.41, 5.74) is 4.22. The van der Waals surface area contributed by atoms with E-state index in [9.17, 15) is 9.59 Å². The average Bonchev–Trinajstić information content (AvgIpc) is 2.91. The van der Waals surface area contributed by atoms with E-state index in [4.69, 9.17) is 14.5 Å². The van der Waals surface area contributed by atoms with E-state index in [1.165, 1.54) is 11.0 Å². The molecule has 1 atom stereocenters. The second kappa shape index (κ2) is 11.0. The van der Waals surface area contributed by atoms with Crippen LogP contribution in [0, 0.1) is 19.8 Å². The lowest BCUT2D eigenvalue weighted by molar-refractivity contribution is -0.116. The number of carbonyl (C=O) groups excluding carboxylic acids is 2. The molecule has 196 valence electrons. The van der Waals surface area contributed by atoms with Crippen LogP contribution in [0.5, 0.6) is 11.5 Å². The molecule has 1 aliphatic heterocycles. The van der Waals surface area contributed by atoms with Crippen molar-refractivity contribution in [2.24, 2.45) is 10.9 Å². The van der Waals surface area contributed by atoms with Gasteiger partial charge in [-0.05, 0) is 39.2 Å². The molecule has 37 heavy (non-hydrogen) atoms. The van der Waals surface area contributed by atoms with Crippen molar-refractivity contribution in [2.45, 2.75) is 46.1 Å². The van der Waals surface area contributed by atoms with Crippen molar-refractivity contribution in [1.29, 1.82) is 0 Å². The van der Waals surface area contributed by atoms with E-state index in [0.717, 1.165) is 53.8 Å². The van der Waals surface area contributed by atoms with Crippen molar-refractivity contribution < 1.29 is 19.1 Å². The number of rotatable bonds is 7. The van der Waals surface area contributed by atoms with E-state index in [2.05, 4.69) is 21.9 Å². The van der Waals surface area contributed by atoms with Crippen molar-refractivity contribution in [1.82, 2.24) is 15.3 Å². The molecule has 2 aliphatic rings. The van der Waals surface area contributed by atoms with Crippen molar-refractivity contribution in [3.05, 3.63) is 41.6 Å². The summed E-state index contributed by atoms with van der Waals surface area (Å²) in [6.45, 7) is 8.18. The second-order valence-electron chi connectivity index (χ2n) is 9.32. The smallest absolute Gasteiger partial charge is 0.330 e. The Morgan fingerprint density at radius 2 is 1.95 bits per heavy atom. The summed E-state index contributed by atoms with van der Waals surface area (Å²) in [6, 6.07) is 1.62.